The van der Waals surface area contributed by atoms with E-state index in [4.69, 9.17) is 15.2 Å². The molecule has 1 aliphatic carbocycles. The summed E-state index contributed by atoms with van der Waals surface area (Å²) in [5.41, 5.74) is 8.36. The zero-order valence-corrected chi connectivity index (χ0v) is 12.8. The number of rotatable bonds is 3. The Labute approximate surface area is 117 Å². The minimum Gasteiger partial charge on any atom is -0.496 e. The molecule has 0 aromatic heterocycles. The molecule has 1 aromatic carbocycles. The molecule has 4 heteroatoms. The van der Waals surface area contributed by atoms with Crippen LogP contribution in [0.15, 0.2) is 10.5 Å². The largest absolute Gasteiger partial charge is 0.496 e. The number of aryl methyl sites for hydroxylation is 1. The van der Waals surface area contributed by atoms with Crippen molar-refractivity contribution in [2.24, 2.45) is 5.73 Å². The lowest BCUT2D eigenvalue weighted by molar-refractivity contribution is 0.367. The first-order valence-electron chi connectivity index (χ1n) is 6.24. The van der Waals surface area contributed by atoms with Gasteiger partial charge in [-0.25, -0.2) is 0 Å². The van der Waals surface area contributed by atoms with Gasteiger partial charge in [0, 0.05) is 11.1 Å². The van der Waals surface area contributed by atoms with Crippen LogP contribution in [-0.4, -0.2) is 14.2 Å². The molecule has 1 aromatic rings. The van der Waals surface area contributed by atoms with Crippen LogP contribution in [0, 0.1) is 6.92 Å². The third-order valence-corrected chi connectivity index (χ3v) is 4.55. The van der Waals surface area contributed by atoms with Gasteiger partial charge in [0.1, 0.15) is 11.5 Å². The van der Waals surface area contributed by atoms with E-state index in [1.165, 1.54) is 12.8 Å². The van der Waals surface area contributed by atoms with Gasteiger partial charge in [0.05, 0.1) is 18.7 Å². The molecule has 0 amide bonds. The lowest BCUT2D eigenvalue weighted by Gasteiger charge is -2.29. The van der Waals surface area contributed by atoms with Crippen LogP contribution in [0.5, 0.6) is 11.5 Å². The summed E-state index contributed by atoms with van der Waals surface area (Å²) < 4.78 is 11.9. The summed E-state index contributed by atoms with van der Waals surface area (Å²) in [6.07, 6.45) is 4.33. The third-order valence-electron chi connectivity index (χ3n) is 3.79. The smallest absolute Gasteiger partial charge is 0.136 e. The van der Waals surface area contributed by atoms with Crippen molar-refractivity contribution in [1.82, 2.24) is 0 Å². The monoisotopic (exact) mass is 313 g/mol. The number of nitrogens with two attached hydrogens (primary N) is 1. The van der Waals surface area contributed by atoms with Gasteiger partial charge in [0.25, 0.3) is 0 Å². The molecule has 0 unspecified atom stereocenters. The average molecular weight is 314 g/mol. The Balaban J connectivity index is 2.63. The first-order valence-corrected chi connectivity index (χ1v) is 7.03. The van der Waals surface area contributed by atoms with Crippen molar-refractivity contribution in [3.05, 3.63) is 21.7 Å². The molecular formula is C14H20BrNO2. The van der Waals surface area contributed by atoms with E-state index >= 15 is 0 Å². The summed E-state index contributed by atoms with van der Waals surface area (Å²) in [5.74, 6) is 1.70. The fraction of sp³-hybridized carbons (Fsp3) is 0.571. The molecule has 1 aliphatic rings. The van der Waals surface area contributed by atoms with Crippen molar-refractivity contribution in [3.63, 3.8) is 0 Å². The maximum atomic E-state index is 6.57. The highest BCUT2D eigenvalue weighted by molar-refractivity contribution is 9.10. The third kappa shape index (κ3) is 2.12. The molecule has 0 heterocycles. The Morgan fingerprint density at radius 3 is 2.33 bits per heavy atom. The molecule has 2 N–H and O–H groups in total. The van der Waals surface area contributed by atoms with Gasteiger partial charge in [0.15, 0.2) is 0 Å². The van der Waals surface area contributed by atoms with Crippen molar-refractivity contribution in [2.75, 3.05) is 14.2 Å². The standard InChI is InChI=1S/C14H20BrNO2/c1-9-8-10(17-2)11(12(15)13(9)18-3)14(16)6-4-5-7-14/h8H,4-7,16H2,1-3H3. The Hall–Kier alpha value is -0.740. The Morgan fingerprint density at radius 2 is 1.83 bits per heavy atom. The second-order valence-corrected chi connectivity index (χ2v) is 5.77. The number of hydrogen-bond donors (Lipinski definition) is 1. The molecule has 0 radical (unpaired) electrons. The van der Waals surface area contributed by atoms with Crippen molar-refractivity contribution < 1.29 is 9.47 Å². The van der Waals surface area contributed by atoms with Crippen molar-refractivity contribution >= 4 is 15.9 Å². The second kappa shape index (κ2) is 5.10. The van der Waals surface area contributed by atoms with Crippen LogP contribution < -0.4 is 15.2 Å². The minimum absolute atomic E-state index is 0.300. The van der Waals surface area contributed by atoms with E-state index < -0.39 is 0 Å². The Bertz CT molecular complexity index is 454. The predicted molar refractivity (Wildman–Crippen MR) is 76.3 cm³/mol. The highest BCUT2D eigenvalue weighted by atomic mass is 79.9. The molecule has 3 nitrogen and oxygen atoms in total. The van der Waals surface area contributed by atoms with Crippen molar-refractivity contribution in [3.8, 4) is 11.5 Å². The highest BCUT2D eigenvalue weighted by Crippen LogP contribution is 2.48. The predicted octanol–water partition coefficient (Wildman–Crippen LogP) is 3.50. The van der Waals surface area contributed by atoms with Gasteiger partial charge in [-0.05, 0) is 47.3 Å². The van der Waals surface area contributed by atoms with Crippen molar-refractivity contribution in [2.45, 2.75) is 38.1 Å². The van der Waals surface area contributed by atoms with E-state index in [2.05, 4.69) is 15.9 Å². The first kappa shape index (κ1) is 13.7. The summed E-state index contributed by atoms with van der Waals surface area (Å²) in [4.78, 5) is 0. The van der Waals surface area contributed by atoms with Gasteiger partial charge in [-0.2, -0.15) is 0 Å². The lowest BCUT2D eigenvalue weighted by atomic mass is 9.87. The molecule has 2 rings (SSSR count). The van der Waals surface area contributed by atoms with Crippen LogP contribution >= 0.6 is 15.9 Å². The molecule has 1 saturated carbocycles. The minimum atomic E-state index is -0.300. The van der Waals surface area contributed by atoms with Gasteiger partial charge < -0.3 is 15.2 Å². The molecule has 0 spiro atoms. The SMILES string of the molecule is COc1cc(C)c(OC)c(Br)c1C1(N)CCCC1. The van der Waals surface area contributed by atoms with E-state index in [-0.39, 0.29) is 5.54 Å². The molecule has 0 saturated heterocycles. The van der Waals surface area contributed by atoms with Crippen LogP contribution in [0.1, 0.15) is 36.8 Å². The molecular weight excluding hydrogens is 294 g/mol. The van der Waals surface area contributed by atoms with Gasteiger partial charge in [-0.15, -0.1) is 0 Å². The van der Waals surface area contributed by atoms with E-state index in [9.17, 15) is 0 Å². The van der Waals surface area contributed by atoms with Crippen LogP contribution in [0.4, 0.5) is 0 Å². The van der Waals surface area contributed by atoms with Gasteiger partial charge >= 0.3 is 0 Å². The molecule has 100 valence electrons. The zero-order valence-electron chi connectivity index (χ0n) is 11.2. The van der Waals surface area contributed by atoms with E-state index in [1.807, 2.05) is 13.0 Å². The van der Waals surface area contributed by atoms with Crippen molar-refractivity contribution in [1.29, 1.82) is 0 Å². The summed E-state index contributed by atoms with van der Waals surface area (Å²) in [6, 6.07) is 2.01. The summed E-state index contributed by atoms with van der Waals surface area (Å²) in [5, 5.41) is 0. The number of hydrogen-bond acceptors (Lipinski definition) is 3. The molecule has 1 fully saturated rings. The number of benzene rings is 1. The molecule has 0 aliphatic heterocycles. The van der Waals surface area contributed by atoms with Crippen LogP contribution in [0.25, 0.3) is 0 Å². The Kier molecular flexibility index (Phi) is 3.87. The van der Waals surface area contributed by atoms with Crippen LogP contribution in [-0.2, 0) is 5.54 Å². The van der Waals surface area contributed by atoms with E-state index in [0.29, 0.717) is 0 Å². The van der Waals surface area contributed by atoms with Gasteiger partial charge in [-0.3, -0.25) is 0 Å². The normalized spacial score (nSPS) is 17.8. The maximum Gasteiger partial charge on any atom is 0.136 e. The van der Waals surface area contributed by atoms with Gasteiger partial charge in [-0.1, -0.05) is 12.8 Å². The summed E-state index contributed by atoms with van der Waals surface area (Å²) >= 11 is 3.64. The number of halogens is 1. The molecule has 0 atom stereocenters. The Morgan fingerprint density at radius 1 is 1.22 bits per heavy atom. The summed E-state index contributed by atoms with van der Waals surface area (Å²) in [7, 11) is 3.37. The average Bonchev–Trinajstić information content (AvgIpc) is 2.76. The topological polar surface area (TPSA) is 44.5 Å². The number of methoxy groups -OCH3 is 2. The van der Waals surface area contributed by atoms with Crippen LogP contribution in [0.2, 0.25) is 0 Å². The molecule has 0 bridgehead atoms. The second-order valence-electron chi connectivity index (χ2n) is 4.98. The number of ether oxygens (including phenoxy) is 2. The first-order chi connectivity index (χ1) is 8.53. The fourth-order valence-corrected chi connectivity index (χ4v) is 3.93. The molecule has 18 heavy (non-hydrogen) atoms. The van der Waals surface area contributed by atoms with Crippen LogP contribution in [0.3, 0.4) is 0 Å². The quantitative estimate of drug-likeness (QED) is 0.928. The lowest BCUT2D eigenvalue weighted by Crippen LogP contribution is -2.34. The van der Waals surface area contributed by atoms with E-state index in [1.54, 1.807) is 14.2 Å². The highest BCUT2D eigenvalue weighted by Gasteiger charge is 2.37. The maximum absolute atomic E-state index is 6.57. The fourth-order valence-electron chi connectivity index (χ4n) is 2.86. The summed E-state index contributed by atoms with van der Waals surface area (Å²) in [6.45, 7) is 2.01. The van der Waals surface area contributed by atoms with E-state index in [0.717, 1.165) is 39.9 Å². The zero-order chi connectivity index (χ0) is 13.3. The van der Waals surface area contributed by atoms with Gasteiger partial charge in [0.2, 0.25) is 0 Å².